The Hall–Kier alpha value is -2.65. The van der Waals surface area contributed by atoms with Gasteiger partial charge in [0.2, 0.25) is 17.6 Å². The van der Waals surface area contributed by atoms with Crippen LogP contribution in [0.4, 0.5) is 4.79 Å². The molecule has 0 aromatic heterocycles. The molecule has 4 aliphatic rings. The summed E-state index contributed by atoms with van der Waals surface area (Å²) < 4.78 is 5.47. The first kappa shape index (κ1) is 28.4. The Morgan fingerprint density at radius 3 is 2.18 bits per heavy atom. The van der Waals surface area contributed by atoms with Crippen molar-refractivity contribution in [1.82, 2.24) is 15.5 Å². The van der Waals surface area contributed by atoms with Crippen LogP contribution in [-0.4, -0.2) is 64.8 Å². The van der Waals surface area contributed by atoms with Crippen LogP contribution in [0, 0.1) is 29.1 Å². The molecular formula is C28H44N4O6. The lowest BCUT2D eigenvalue weighted by molar-refractivity contribution is -0.144. The largest absolute Gasteiger partial charge is 0.444 e. The van der Waals surface area contributed by atoms with Gasteiger partial charge in [-0.2, -0.15) is 0 Å². The van der Waals surface area contributed by atoms with Crippen molar-refractivity contribution in [2.75, 3.05) is 6.54 Å². The van der Waals surface area contributed by atoms with Crippen LogP contribution in [0.5, 0.6) is 0 Å². The molecule has 0 bridgehead atoms. The third-order valence-corrected chi connectivity index (χ3v) is 8.96. The molecule has 38 heavy (non-hydrogen) atoms. The number of ether oxygens (including phenoxy) is 1. The number of nitrogens with two attached hydrogens (primary N) is 1. The van der Waals surface area contributed by atoms with Crippen molar-refractivity contribution in [3.8, 4) is 0 Å². The maximum atomic E-state index is 14.1. The van der Waals surface area contributed by atoms with Gasteiger partial charge in [0.05, 0.1) is 6.04 Å². The normalized spacial score (nSPS) is 28.0. The number of carbonyl (C=O) groups excluding carboxylic acids is 5. The van der Waals surface area contributed by atoms with Crippen LogP contribution in [-0.2, 0) is 23.9 Å². The molecule has 4 amide bonds. The molecule has 1 aliphatic heterocycles. The van der Waals surface area contributed by atoms with E-state index in [0.29, 0.717) is 13.0 Å². The highest BCUT2D eigenvalue weighted by Crippen LogP contribution is 2.65. The van der Waals surface area contributed by atoms with Crippen molar-refractivity contribution in [1.29, 1.82) is 0 Å². The Morgan fingerprint density at radius 2 is 1.63 bits per heavy atom. The van der Waals surface area contributed by atoms with Gasteiger partial charge in [0.25, 0.3) is 5.91 Å². The second-order valence-corrected chi connectivity index (χ2v) is 13.4. The van der Waals surface area contributed by atoms with Crippen LogP contribution < -0.4 is 16.4 Å². The summed E-state index contributed by atoms with van der Waals surface area (Å²) in [4.78, 5) is 66.3. The summed E-state index contributed by atoms with van der Waals surface area (Å²) in [7, 11) is 0. The fourth-order valence-electron chi connectivity index (χ4n) is 6.62. The van der Waals surface area contributed by atoms with Crippen molar-refractivity contribution < 1.29 is 28.7 Å². The Kier molecular flexibility index (Phi) is 7.83. The maximum Gasteiger partial charge on any atom is 0.408 e. The minimum atomic E-state index is -1.07. The van der Waals surface area contributed by atoms with Gasteiger partial charge in [-0.3, -0.25) is 19.2 Å². The number of likely N-dealkylation sites (tertiary alicyclic amines) is 1. The Bertz CT molecular complexity index is 978. The summed E-state index contributed by atoms with van der Waals surface area (Å²) in [5.41, 5.74) is 4.43. The minimum absolute atomic E-state index is 0.0449. The molecule has 1 saturated heterocycles. The van der Waals surface area contributed by atoms with E-state index in [2.05, 4.69) is 24.5 Å². The average molecular weight is 533 g/mol. The zero-order chi connectivity index (χ0) is 28.0. The highest BCUT2D eigenvalue weighted by Gasteiger charge is 2.69. The molecule has 4 N–H and O–H groups in total. The third kappa shape index (κ3) is 6.15. The summed E-state index contributed by atoms with van der Waals surface area (Å²) in [5.74, 6) is -2.28. The first-order valence-corrected chi connectivity index (χ1v) is 14.1. The molecule has 1 heterocycles. The van der Waals surface area contributed by atoms with Gasteiger partial charge in [-0.05, 0) is 69.1 Å². The smallest absolute Gasteiger partial charge is 0.408 e. The molecule has 3 saturated carbocycles. The molecule has 3 aliphatic carbocycles. The lowest BCUT2D eigenvalue weighted by atomic mass is 9.83. The number of piperidine rings is 1. The number of alkyl carbamates (subject to hydrolysis) is 1. The second kappa shape index (κ2) is 10.5. The third-order valence-electron chi connectivity index (χ3n) is 8.96. The quantitative estimate of drug-likeness (QED) is 0.388. The van der Waals surface area contributed by atoms with Crippen molar-refractivity contribution in [3.63, 3.8) is 0 Å². The Morgan fingerprint density at radius 1 is 1.00 bits per heavy atom. The Balaban J connectivity index is 1.55. The van der Waals surface area contributed by atoms with E-state index in [1.807, 2.05) is 0 Å². The van der Waals surface area contributed by atoms with Crippen LogP contribution in [0.15, 0.2) is 0 Å². The fraction of sp³-hybridized carbons (Fsp3) is 0.821. The fourth-order valence-corrected chi connectivity index (χ4v) is 6.62. The van der Waals surface area contributed by atoms with E-state index in [1.165, 1.54) is 0 Å². The van der Waals surface area contributed by atoms with Crippen molar-refractivity contribution in [2.45, 2.75) is 110 Å². The van der Waals surface area contributed by atoms with Gasteiger partial charge in [-0.15, -0.1) is 0 Å². The topological polar surface area (TPSA) is 148 Å². The van der Waals surface area contributed by atoms with Crippen molar-refractivity contribution in [3.05, 3.63) is 0 Å². The van der Waals surface area contributed by atoms with E-state index >= 15 is 0 Å². The number of rotatable bonds is 9. The van der Waals surface area contributed by atoms with Crippen LogP contribution in [0.2, 0.25) is 0 Å². The van der Waals surface area contributed by atoms with Gasteiger partial charge >= 0.3 is 6.09 Å². The molecule has 10 heteroatoms. The zero-order valence-electron chi connectivity index (χ0n) is 23.4. The van der Waals surface area contributed by atoms with Gasteiger partial charge in [0.15, 0.2) is 0 Å². The molecule has 4 rings (SSSR count). The molecular weight excluding hydrogens is 488 g/mol. The van der Waals surface area contributed by atoms with Crippen LogP contribution in [0.3, 0.4) is 0 Å². The number of fused-ring (bicyclic) bond motifs is 1. The van der Waals surface area contributed by atoms with Gasteiger partial charge in [0.1, 0.15) is 17.7 Å². The summed E-state index contributed by atoms with van der Waals surface area (Å²) >= 11 is 0. The van der Waals surface area contributed by atoms with Crippen molar-refractivity contribution in [2.24, 2.45) is 34.8 Å². The highest BCUT2D eigenvalue weighted by atomic mass is 16.6. The van der Waals surface area contributed by atoms with E-state index in [9.17, 15) is 24.0 Å². The van der Waals surface area contributed by atoms with Gasteiger partial charge < -0.3 is 26.0 Å². The van der Waals surface area contributed by atoms with E-state index in [0.717, 1.165) is 44.9 Å². The number of amides is 4. The SMILES string of the molecule is CC(C)(C)OC(=O)NC(C(=O)N1C[C@H]2[C@@H]([C@H]1C(=O)NC(CC1CC1)C(=O)C(N)=O)C2(C)C)C1CCCCC1. The molecule has 4 fully saturated rings. The molecule has 5 atom stereocenters. The van der Waals surface area contributed by atoms with Crippen molar-refractivity contribution >= 4 is 29.6 Å². The van der Waals surface area contributed by atoms with Gasteiger partial charge in [-0.25, -0.2) is 4.79 Å². The summed E-state index contributed by atoms with van der Waals surface area (Å²) in [6.45, 7) is 9.88. The van der Waals surface area contributed by atoms with E-state index in [1.54, 1.807) is 25.7 Å². The lowest BCUT2D eigenvalue weighted by Crippen LogP contribution is -2.59. The number of primary amides is 1. The zero-order valence-corrected chi connectivity index (χ0v) is 23.4. The molecule has 0 spiro atoms. The first-order chi connectivity index (χ1) is 17.7. The molecule has 2 unspecified atom stereocenters. The molecule has 212 valence electrons. The van der Waals surface area contributed by atoms with E-state index in [4.69, 9.17) is 10.5 Å². The standard InChI is InChI=1S/C28H44N4O6/c1-27(2,3)38-26(37)31-20(16-9-7-6-8-10-16)25(36)32-14-17-19(28(17,4)5)21(32)24(35)30-18(13-15-11-12-15)22(33)23(29)34/h15-21H,6-14H2,1-5H3,(H2,29,34)(H,30,35)(H,31,37)/t17-,18?,19-,20?,21-/m0/s1. The number of hydrogen-bond donors (Lipinski definition) is 3. The number of nitrogens with zero attached hydrogens (tertiary/aromatic N) is 1. The lowest BCUT2D eigenvalue weighted by Gasteiger charge is -2.37. The summed E-state index contributed by atoms with van der Waals surface area (Å²) in [6.07, 6.45) is 6.29. The van der Waals surface area contributed by atoms with Gasteiger partial charge in [0, 0.05) is 6.54 Å². The minimum Gasteiger partial charge on any atom is -0.444 e. The first-order valence-electron chi connectivity index (χ1n) is 14.1. The summed E-state index contributed by atoms with van der Waals surface area (Å²) in [6, 6.07) is -2.56. The maximum absolute atomic E-state index is 14.1. The van der Waals surface area contributed by atoms with E-state index < -0.39 is 47.4 Å². The monoisotopic (exact) mass is 532 g/mol. The molecule has 0 radical (unpaired) electrons. The highest BCUT2D eigenvalue weighted by molar-refractivity contribution is 6.37. The van der Waals surface area contributed by atoms with Crippen LogP contribution >= 0.6 is 0 Å². The van der Waals surface area contributed by atoms with Gasteiger partial charge in [-0.1, -0.05) is 46.0 Å². The van der Waals surface area contributed by atoms with E-state index in [-0.39, 0.29) is 35.0 Å². The number of carbonyl (C=O) groups is 5. The number of ketones is 1. The molecule has 0 aromatic carbocycles. The number of hydrogen-bond acceptors (Lipinski definition) is 6. The predicted octanol–water partition coefficient (Wildman–Crippen LogP) is 2.28. The molecule has 0 aromatic rings. The number of nitrogens with one attached hydrogen (secondary N) is 2. The number of Topliss-reactive ketones (excluding diaryl/α,β-unsaturated/α-hetero) is 1. The van der Waals surface area contributed by atoms with Crippen LogP contribution in [0.1, 0.15) is 86.0 Å². The summed E-state index contributed by atoms with van der Waals surface area (Å²) in [5, 5.41) is 5.62. The molecule has 10 nitrogen and oxygen atoms in total. The second-order valence-electron chi connectivity index (χ2n) is 13.4. The van der Waals surface area contributed by atoms with Crippen LogP contribution in [0.25, 0.3) is 0 Å². The predicted molar refractivity (Wildman–Crippen MR) is 139 cm³/mol. The Labute approximate surface area is 225 Å². The average Bonchev–Trinajstić information content (AvgIpc) is 3.68.